The highest BCUT2D eigenvalue weighted by atomic mass is 35.5. The Bertz CT molecular complexity index is 1270. The molecule has 0 radical (unpaired) electrons. The van der Waals surface area contributed by atoms with Crippen molar-refractivity contribution in [3.05, 3.63) is 75.8 Å². The van der Waals surface area contributed by atoms with E-state index in [1.54, 1.807) is 35.2 Å². The van der Waals surface area contributed by atoms with Gasteiger partial charge in [0.2, 0.25) is 0 Å². The van der Waals surface area contributed by atoms with Crippen LogP contribution >= 0.6 is 23.2 Å². The number of carbonyl (C=O) groups excluding carboxylic acids is 3. The first kappa shape index (κ1) is 23.6. The van der Waals surface area contributed by atoms with E-state index in [4.69, 9.17) is 27.9 Å². The predicted molar refractivity (Wildman–Crippen MR) is 134 cm³/mol. The van der Waals surface area contributed by atoms with E-state index in [9.17, 15) is 14.4 Å². The number of amides is 3. The Morgan fingerprint density at radius 1 is 0.857 bits per heavy atom. The molecule has 35 heavy (non-hydrogen) atoms. The third kappa shape index (κ3) is 4.72. The molecule has 9 heteroatoms. The summed E-state index contributed by atoms with van der Waals surface area (Å²) in [6.45, 7) is 3.12. The zero-order chi connectivity index (χ0) is 24.5. The van der Waals surface area contributed by atoms with E-state index in [1.165, 1.54) is 4.90 Å². The Hall–Kier alpha value is -3.13. The molecule has 0 N–H and O–H groups in total. The molecule has 5 rings (SSSR count). The summed E-state index contributed by atoms with van der Waals surface area (Å²) in [5.74, 6) is -0.227. The smallest absolute Gasteiger partial charge is 0.261 e. The monoisotopic (exact) mass is 511 g/mol. The summed E-state index contributed by atoms with van der Waals surface area (Å²) in [6, 6.07) is 15.9. The van der Waals surface area contributed by atoms with Crippen molar-refractivity contribution in [2.75, 3.05) is 45.9 Å². The van der Waals surface area contributed by atoms with E-state index in [2.05, 4.69) is 4.90 Å². The molecular formula is C26H23Cl2N3O4. The highest BCUT2D eigenvalue weighted by Gasteiger charge is 2.33. The first-order valence-corrected chi connectivity index (χ1v) is 12.1. The van der Waals surface area contributed by atoms with Crippen molar-refractivity contribution < 1.29 is 19.1 Å². The average Bonchev–Trinajstić information content (AvgIpc) is 2.87. The van der Waals surface area contributed by atoms with E-state index in [1.807, 2.05) is 24.3 Å². The highest BCUT2D eigenvalue weighted by Crippen LogP contribution is 2.30. The number of benzene rings is 3. The largest absolute Gasteiger partial charge is 0.482 e. The second-order valence-electron chi connectivity index (χ2n) is 8.56. The molecule has 2 aliphatic rings. The Morgan fingerprint density at radius 2 is 1.51 bits per heavy atom. The molecular weight excluding hydrogens is 489 g/mol. The number of carbonyl (C=O) groups is 3. The van der Waals surface area contributed by atoms with Crippen LogP contribution < -0.4 is 4.74 Å². The van der Waals surface area contributed by atoms with E-state index in [-0.39, 0.29) is 24.3 Å². The fraction of sp³-hybridized carbons (Fsp3) is 0.269. The zero-order valence-corrected chi connectivity index (χ0v) is 20.4. The Labute approximate surface area is 212 Å². The summed E-state index contributed by atoms with van der Waals surface area (Å²) in [5.41, 5.74) is 1.13. The van der Waals surface area contributed by atoms with Crippen molar-refractivity contribution in [2.24, 2.45) is 0 Å². The van der Waals surface area contributed by atoms with Crippen LogP contribution in [0.4, 0.5) is 0 Å². The Kier molecular flexibility index (Phi) is 6.65. The van der Waals surface area contributed by atoms with Gasteiger partial charge in [0, 0.05) is 60.8 Å². The molecule has 1 saturated heterocycles. The maximum atomic E-state index is 13.1. The van der Waals surface area contributed by atoms with Crippen LogP contribution in [-0.4, -0.2) is 78.3 Å². The maximum absolute atomic E-state index is 13.1. The van der Waals surface area contributed by atoms with Gasteiger partial charge in [-0.1, -0.05) is 47.5 Å². The van der Waals surface area contributed by atoms with Gasteiger partial charge in [0.15, 0.2) is 6.61 Å². The van der Waals surface area contributed by atoms with Gasteiger partial charge in [0.25, 0.3) is 17.7 Å². The number of imide groups is 1. The van der Waals surface area contributed by atoms with Gasteiger partial charge in [0.1, 0.15) is 5.75 Å². The Balaban J connectivity index is 1.14. The molecule has 3 amide bonds. The minimum atomic E-state index is -0.258. The molecule has 7 nitrogen and oxygen atoms in total. The van der Waals surface area contributed by atoms with Gasteiger partial charge in [-0.2, -0.15) is 0 Å². The van der Waals surface area contributed by atoms with Crippen LogP contribution in [-0.2, 0) is 4.79 Å². The van der Waals surface area contributed by atoms with Crippen LogP contribution in [0.3, 0.4) is 0 Å². The third-order valence-electron chi connectivity index (χ3n) is 6.47. The van der Waals surface area contributed by atoms with Gasteiger partial charge >= 0.3 is 0 Å². The molecule has 0 unspecified atom stereocenters. The first-order chi connectivity index (χ1) is 16.9. The standard InChI is InChI=1S/C26H23Cl2N3O4/c27-18-7-8-22(21(28)15-18)35-16-23(32)30-12-9-29(10-13-30)11-14-31-25(33)19-5-1-3-17-4-2-6-20(24(17)19)26(31)34/h1-8,15H,9-14,16H2. The van der Waals surface area contributed by atoms with Crippen LogP contribution in [0.15, 0.2) is 54.6 Å². The summed E-state index contributed by atoms with van der Waals surface area (Å²) in [5, 5.41) is 2.48. The molecule has 0 spiro atoms. The van der Waals surface area contributed by atoms with Crippen molar-refractivity contribution in [3.8, 4) is 5.75 Å². The predicted octanol–water partition coefficient (Wildman–Crippen LogP) is 3.97. The van der Waals surface area contributed by atoms with Crippen molar-refractivity contribution in [1.82, 2.24) is 14.7 Å². The number of hydrogen-bond acceptors (Lipinski definition) is 5. The van der Waals surface area contributed by atoms with E-state index in [0.717, 1.165) is 10.8 Å². The molecule has 180 valence electrons. The summed E-state index contributed by atoms with van der Waals surface area (Å²) in [4.78, 5) is 43.9. The van der Waals surface area contributed by atoms with Crippen LogP contribution in [0.5, 0.6) is 5.75 Å². The minimum Gasteiger partial charge on any atom is -0.482 e. The van der Waals surface area contributed by atoms with Crippen LogP contribution in [0.2, 0.25) is 10.0 Å². The lowest BCUT2D eigenvalue weighted by Crippen LogP contribution is -2.52. The molecule has 0 aliphatic carbocycles. The fourth-order valence-corrected chi connectivity index (χ4v) is 5.03. The van der Waals surface area contributed by atoms with E-state index < -0.39 is 0 Å². The highest BCUT2D eigenvalue weighted by molar-refractivity contribution is 6.35. The second kappa shape index (κ2) is 9.85. The van der Waals surface area contributed by atoms with Gasteiger partial charge in [-0.15, -0.1) is 0 Å². The van der Waals surface area contributed by atoms with Crippen molar-refractivity contribution in [3.63, 3.8) is 0 Å². The number of ether oxygens (including phenoxy) is 1. The average molecular weight is 512 g/mol. The topological polar surface area (TPSA) is 70.2 Å². The SMILES string of the molecule is O=C(COc1ccc(Cl)cc1Cl)N1CCN(CCN2C(=O)c3cccc4cccc(c34)C2=O)CC1. The number of halogens is 2. The lowest BCUT2D eigenvalue weighted by molar-refractivity contribution is -0.135. The van der Waals surface area contributed by atoms with Crippen LogP contribution in [0, 0.1) is 0 Å². The van der Waals surface area contributed by atoms with Gasteiger partial charge in [-0.25, -0.2) is 0 Å². The molecule has 0 aromatic heterocycles. The van der Waals surface area contributed by atoms with Crippen molar-refractivity contribution in [1.29, 1.82) is 0 Å². The van der Waals surface area contributed by atoms with Gasteiger partial charge < -0.3 is 9.64 Å². The zero-order valence-electron chi connectivity index (χ0n) is 18.9. The van der Waals surface area contributed by atoms with E-state index >= 15 is 0 Å². The lowest BCUT2D eigenvalue weighted by atomic mass is 9.94. The number of hydrogen-bond donors (Lipinski definition) is 0. The first-order valence-electron chi connectivity index (χ1n) is 11.4. The Morgan fingerprint density at radius 3 is 2.14 bits per heavy atom. The fourth-order valence-electron chi connectivity index (χ4n) is 4.57. The maximum Gasteiger partial charge on any atom is 0.261 e. The molecule has 2 aliphatic heterocycles. The second-order valence-corrected chi connectivity index (χ2v) is 9.40. The molecule has 0 bridgehead atoms. The van der Waals surface area contributed by atoms with Crippen molar-refractivity contribution in [2.45, 2.75) is 0 Å². The number of nitrogens with zero attached hydrogens (tertiary/aromatic N) is 3. The van der Waals surface area contributed by atoms with Gasteiger partial charge in [-0.05, 0) is 35.7 Å². The molecule has 3 aromatic rings. The summed E-state index contributed by atoms with van der Waals surface area (Å²) < 4.78 is 5.56. The van der Waals surface area contributed by atoms with Gasteiger partial charge in [-0.3, -0.25) is 24.2 Å². The molecule has 0 atom stereocenters. The van der Waals surface area contributed by atoms with Crippen LogP contribution in [0.25, 0.3) is 10.8 Å². The summed E-state index contributed by atoms with van der Waals surface area (Å²) >= 11 is 12.0. The summed E-state index contributed by atoms with van der Waals surface area (Å²) in [6.07, 6.45) is 0. The number of rotatable bonds is 6. The van der Waals surface area contributed by atoms with E-state index in [0.29, 0.717) is 66.2 Å². The minimum absolute atomic E-state index is 0.108. The molecule has 1 fully saturated rings. The van der Waals surface area contributed by atoms with Gasteiger partial charge in [0.05, 0.1) is 5.02 Å². The molecule has 2 heterocycles. The lowest BCUT2D eigenvalue weighted by Gasteiger charge is -2.36. The number of piperazine rings is 1. The van der Waals surface area contributed by atoms with Crippen molar-refractivity contribution >= 4 is 51.7 Å². The van der Waals surface area contributed by atoms with Crippen LogP contribution in [0.1, 0.15) is 20.7 Å². The molecule has 3 aromatic carbocycles. The quantitative estimate of drug-likeness (QED) is 0.468. The third-order valence-corrected chi connectivity index (χ3v) is 7.00. The summed E-state index contributed by atoms with van der Waals surface area (Å²) in [7, 11) is 0. The molecule has 0 saturated carbocycles. The normalized spacial score (nSPS) is 16.2.